The van der Waals surface area contributed by atoms with Gasteiger partial charge in [-0.05, 0) is 38.0 Å². The second kappa shape index (κ2) is 7.56. The standard InChI is InChI=1S/C16H20N6O3S/c1-8(14-21-22-15(17)26-14)18-16(24)20-11-7-9(3-6-12(11)25-2)13(23)19-10-4-5-10/h3,6-8,10H,4-5H2,1-2H3,(H2,17,22)(H,19,23)(H2,18,20,24)/t8-/m1/s1. The third-order valence-corrected chi connectivity index (χ3v) is 4.73. The van der Waals surface area contributed by atoms with Crippen LogP contribution < -0.4 is 26.4 Å². The molecule has 1 aliphatic rings. The van der Waals surface area contributed by atoms with Crippen molar-refractivity contribution in [3.05, 3.63) is 28.8 Å². The summed E-state index contributed by atoms with van der Waals surface area (Å²) in [5.74, 6) is 0.284. The molecule has 1 aromatic heterocycles. The molecule has 0 aliphatic heterocycles. The van der Waals surface area contributed by atoms with Crippen LogP contribution in [-0.4, -0.2) is 35.3 Å². The van der Waals surface area contributed by atoms with Gasteiger partial charge in [0.25, 0.3) is 5.91 Å². The van der Waals surface area contributed by atoms with Gasteiger partial charge in [-0.1, -0.05) is 11.3 Å². The molecular weight excluding hydrogens is 356 g/mol. The molecule has 26 heavy (non-hydrogen) atoms. The highest BCUT2D eigenvalue weighted by Crippen LogP contribution is 2.27. The van der Waals surface area contributed by atoms with Crippen LogP contribution in [0.25, 0.3) is 0 Å². The summed E-state index contributed by atoms with van der Waals surface area (Å²) < 4.78 is 5.26. The van der Waals surface area contributed by atoms with E-state index >= 15 is 0 Å². The van der Waals surface area contributed by atoms with Gasteiger partial charge >= 0.3 is 6.03 Å². The number of hydrogen-bond acceptors (Lipinski definition) is 7. The fourth-order valence-corrected chi connectivity index (χ4v) is 2.89. The molecule has 1 atom stereocenters. The van der Waals surface area contributed by atoms with Crippen LogP contribution in [0.4, 0.5) is 15.6 Å². The molecule has 3 rings (SSSR count). The maximum atomic E-state index is 12.3. The summed E-state index contributed by atoms with van der Waals surface area (Å²) in [5.41, 5.74) is 6.41. The highest BCUT2D eigenvalue weighted by Gasteiger charge is 2.24. The number of methoxy groups -OCH3 is 1. The summed E-state index contributed by atoms with van der Waals surface area (Å²) in [6.45, 7) is 1.77. The van der Waals surface area contributed by atoms with Gasteiger partial charge in [0.1, 0.15) is 10.8 Å². The molecule has 10 heteroatoms. The molecule has 0 radical (unpaired) electrons. The topological polar surface area (TPSA) is 131 Å². The summed E-state index contributed by atoms with van der Waals surface area (Å²) in [6, 6.07) is 4.33. The zero-order chi connectivity index (χ0) is 18.7. The normalized spacial score (nSPS) is 14.4. The summed E-state index contributed by atoms with van der Waals surface area (Å²) >= 11 is 1.21. The summed E-state index contributed by atoms with van der Waals surface area (Å²) in [4.78, 5) is 24.5. The Morgan fingerprint density at radius 1 is 1.35 bits per heavy atom. The number of nitrogens with one attached hydrogen (secondary N) is 3. The fourth-order valence-electron chi connectivity index (χ4n) is 2.28. The average Bonchev–Trinajstić information content (AvgIpc) is 3.31. The lowest BCUT2D eigenvalue weighted by molar-refractivity contribution is 0.0951. The number of hydrogen-bond donors (Lipinski definition) is 4. The van der Waals surface area contributed by atoms with Gasteiger partial charge in [0, 0.05) is 11.6 Å². The second-order valence-electron chi connectivity index (χ2n) is 5.96. The van der Waals surface area contributed by atoms with Crippen molar-refractivity contribution < 1.29 is 14.3 Å². The van der Waals surface area contributed by atoms with Crippen molar-refractivity contribution in [2.45, 2.75) is 31.8 Å². The maximum Gasteiger partial charge on any atom is 0.319 e. The number of nitrogens with zero attached hydrogens (tertiary/aromatic N) is 2. The maximum absolute atomic E-state index is 12.3. The Kier molecular flexibility index (Phi) is 5.21. The monoisotopic (exact) mass is 376 g/mol. The number of rotatable bonds is 6. The van der Waals surface area contributed by atoms with Crippen molar-refractivity contribution in [3.63, 3.8) is 0 Å². The number of carbonyl (C=O) groups excluding carboxylic acids is 2. The molecule has 138 valence electrons. The van der Waals surface area contributed by atoms with E-state index in [1.807, 2.05) is 0 Å². The molecule has 1 saturated carbocycles. The molecule has 1 aliphatic carbocycles. The highest BCUT2D eigenvalue weighted by atomic mass is 32.1. The van der Waals surface area contributed by atoms with Gasteiger partial charge in [0.05, 0.1) is 18.8 Å². The van der Waals surface area contributed by atoms with Gasteiger partial charge in [0.15, 0.2) is 0 Å². The van der Waals surface area contributed by atoms with E-state index in [1.54, 1.807) is 25.1 Å². The Balaban J connectivity index is 1.68. The number of nitrogen functional groups attached to an aromatic ring is 1. The molecule has 0 bridgehead atoms. The van der Waals surface area contributed by atoms with E-state index in [9.17, 15) is 9.59 Å². The zero-order valence-electron chi connectivity index (χ0n) is 14.4. The summed E-state index contributed by atoms with van der Waals surface area (Å²) in [5, 5.41) is 16.9. The van der Waals surface area contributed by atoms with Crippen molar-refractivity contribution in [3.8, 4) is 5.75 Å². The zero-order valence-corrected chi connectivity index (χ0v) is 15.2. The van der Waals surface area contributed by atoms with Crippen LogP contribution in [-0.2, 0) is 0 Å². The molecular formula is C16H20N6O3S. The first kappa shape index (κ1) is 17.9. The van der Waals surface area contributed by atoms with Gasteiger partial charge in [0.2, 0.25) is 5.13 Å². The van der Waals surface area contributed by atoms with Crippen LogP contribution >= 0.6 is 11.3 Å². The number of carbonyl (C=O) groups is 2. The Hall–Kier alpha value is -2.88. The molecule has 5 N–H and O–H groups in total. The first-order valence-electron chi connectivity index (χ1n) is 8.11. The van der Waals surface area contributed by atoms with Crippen LogP contribution in [0, 0.1) is 0 Å². The lowest BCUT2D eigenvalue weighted by Crippen LogP contribution is -2.31. The first-order chi connectivity index (χ1) is 12.5. The molecule has 3 amide bonds. The van der Waals surface area contributed by atoms with Crippen molar-refractivity contribution in [1.29, 1.82) is 0 Å². The van der Waals surface area contributed by atoms with Gasteiger partial charge in [-0.2, -0.15) is 0 Å². The fraction of sp³-hybridized carbons (Fsp3) is 0.375. The third-order valence-electron chi connectivity index (χ3n) is 3.80. The van der Waals surface area contributed by atoms with Gasteiger partial charge in [-0.25, -0.2) is 4.79 Å². The number of benzene rings is 1. The minimum atomic E-state index is -0.454. The molecule has 9 nitrogen and oxygen atoms in total. The van der Waals surface area contributed by atoms with Crippen molar-refractivity contribution in [1.82, 2.24) is 20.8 Å². The van der Waals surface area contributed by atoms with Crippen molar-refractivity contribution in [2.24, 2.45) is 0 Å². The summed E-state index contributed by atoms with van der Waals surface area (Å²) in [6.07, 6.45) is 2.01. The molecule has 1 fully saturated rings. The smallest absolute Gasteiger partial charge is 0.319 e. The number of nitrogens with two attached hydrogens (primary N) is 1. The van der Waals surface area contributed by atoms with E-state index < -0.39 is 6.03 Å². The number of ether oxygens (including phenoxy) is 1. The molecule has 0 spiro atoms. The largest absolute Gasteiger partial charge is 0.495 e. The van der Waals surface area contributed by atoms with E-state index in [0.717, 1.165) is 12.8 Å². The molecule has 0 saturated heterocycles. The van der Waals surface area contributed by atoms with E-state index in [-0.39, 0.29) is 18.0 Å². The Labute approximate surface area is 154 Å². The Morgan fingerprint density at radius 2 is 2.12 bits per heavy atom. The van der Waals surface area contributed by atoms with Crippen molar-refractivity contribution in [2.75, 3.05) is 18.2 Å². The number of aromatic nitrogens is 2. The third kappa shape index (κ3) is 4.39. The molecule has 1 aromatic carbocycles. The Bertz CT molecular complexity index is 820. The molecule has 1 heterocycles. The van der Waals surface area contributed by atoms with Crippen LogP contribution in [0.15, 0.2) is 18.2 Å². The van der Waals surface area contributed by atoms with Crippen LogP contribution in [0.1, 0.15) is 41.2 Å². The van der Waals surface area contributed by atoms with Gasteiger partial charge < -0.3 is 26.4 Å². The quantitative estimate of drug-likeness (QED) is 0.609. The molecule has 0 unspecified atom stereocenters. The lowest BCUT2D eigenvalue weighted by Gasteiger charge is -2.15. The predicted octanol–water partition coefficient (Wildman–Crippen LogP) is 1.90. The van der Waals surface area contributed by atoms with Gasteiger partial charge in [-0.3, -0.25) is 4.79 Å². The molecule has 2 aromatic rings. The van der Waals surface area contributed by atoms with Gasteiger partial charge in [-0.15, -0.1) is 10.2 Å². The van der Waals surface area contributed by atoms with E-state index in [0.29, 0.717) is 27.1 Å². The predicted molar refractivity (Wildman–Crippen MR) is 98.4 cm³/mol. The second-order valence-corrected chi connectivity index (χ2v) is 7.00. The van der Waals surface area contributed by atoms with E-state index in [2.05, 4.69) is 26.1 Å². The Morgan fingerprint density at radius 3 is 2.73 bits per heavy atom. The number of anilines is 2. The number of amides is 3. The van der Waals surface area contributed by atoms with Crippen LogP contribution in [0.5, 0.6) is 5.75 Å². The first-order valence-corrected chi connectivity index (χ1v) is 8.93. The van der Waals surface area contributed by atoms with E-state index in [1.165, 1.54) is 18.4 Å². The van der Waals surface area contributed by atoms with Crippen LogP contribution in [0.3, 0.4) is 0 Å². The number of urea groups is 1. The van der Waals surface area contributed by atoms with Crippen molar-refractivity contribution >= 4 is 34.1 Å². The average molecular weight is 376 g/mol. The minimum absolute atomic E-state index is 0.170. The van der Waals surface area contributed by atoms with Crippen LogP contribution in [0.2, 0.25) is 0 Å². The lowest BCUT2D eigenvalue weighted by atomic mass is 10.1. The SMILES string of the molecule is COc1ccc(C(=O)NC2CC2)cc1NC(=O)N[C@H](C)c1nnc(N)s1. The summed E-state index contributed by atoms with van der Waals surface area (Å²) in [7, 11) is 1.50. The highest BCUT2D eigenvalue weighted by molar-refractivity contribution is 7.15. The van der Waals surface area contributed by atoms with E-state index in [4.69, 9.17) is 10.5 Å². The minimum Gasteiger partial charge on any atom is -0.495 e.